The lowest BCUT2D eigenvalue weighted by Gasteiger charge is -2.42. The third-order valence-electron chi connectivity index (χ3n) is 11.3. The van der Waals surface area contributed by atoms with E-state index in [0.29, 0.717) is 5.76 Å². The minimum atomic E-state index is -3.21. The van der Waals surface area contributed by atoms with Crippen LogP contribution in [0.3, 0.4) is 0 Å². The van der Waals surface area contributed by atoms with Gasteiger partial charge in [-0.1, -0.05) is 130 Å². The molecule has 270 valence electrons. The van der Waals surface area contributed by atoms with Crippen molar-refractivity contribution in [2.24, 2.45) is 5.92 Å². The summed E-state index contributed by atoms with van der Waals surface area (Å²) < 4.78 is 11.8. The minimum absolute atomic E-state index is 0.0314. The number of carbonyl (C=O) groups is 2. The Hall–Kier alpha value is -4.92. The number of furan rings is 1. The van der Waals surface area contributed by atoms with Crippen molar-refractivity contribution in [3.63, 3.8) is 0 Å². The van der Waals surface area contributed by atoms with Crippen LogP contribution in [-0.4, -0.2) is 61.7 Å². The van der Waals surface area contributed by atoms with Gasteiger partial charge < -0.3 is 18.8 Å². The molecule has 7 nitrogen and oxygen atoms in total. The number of amides is 2. The number of hydrogen-bond donors (Lipinski definition) is 1. The van der Waals surface area contributed by atoms with Crippen molar-refractivity contribution in [1.82, 2.24) is 9.80 Å². The lowest BCUT2D eigenvalue weighted by atomic mass is 9.90. The molecule has 0 bridgehead atoms. The normalized spacial score (nSPS) is 14.5. The molecule has 0 saturated heterocycles. The number of fused-ring (bicyclic) bond motifs is 3. The molecule has 0 spiro atoms. The molecule has 5 aromatic rings. The van der Waals surface area contributed by atoms with Crippen LogP contribution in [0.25, 0.3) is 11.1 Å². The fourth-order valence-corrected chi connectivity index (χ4v) is 11.8. The fourth-order valence-electron chi connectivity index (χ4n) is 8.00. The number of nitrogens with zero attached hydrogens (tertiary/aromatic N) is 2. The second-order valence-electron chi connectivity index (χ2n) is 14.8. The van der Waals surface area contributed by atoms with Crippen molar-refractivity contribution in [2.45, 2.75) is 63.6 Å². The van der Waals surface area contributed by atoms with E-state index in [4.69, 9.17) is 9.15 Å². The van der Waals surface area contributed by atoms with Gasteiger partial charge in [0.05, 0.1) is 12.3 Å². The van der Waals surface area contributed by atoms with Crippen LogP contribution in [0.4, 0.5) is 4.79 Å². The highest BCUT2D eigenvalue weighted by molar-refractivity contribution is 6.98. The Morgan fingerprint density at radius 1 is 0.769 bits per heavy atom. The predicted molar refractivity (Wildman–Crippen MR) is 209 cm³/mol. The Bertz CT molecular complexity index is 1880. The number of benzene rings is 4. The topological polar surface area (TPSA) is 83.2 Å². The van der Waals surface area contributed by atoms with Crippen LogP contribution in [-0.2, 0) is 9.53 Å². The first-order chi connectivity index (χ1) is 25.0. The van der Waals surface area contributed by atoms with Crippen molar-refractivity contribution in [1.29, 1.82) is 0 Å². The number of carbonyl (C=O) groups excluding carboxylic acids is 2. The van der Waals surface area contributed by atoms with Gasteiger partial charge in [-0.2, -0.15) is 0 Å². The molecule has 0 radical (unpaired) electrons. The maximum absolute atomic E-state index is 14.1. The number of likely N-dealkylation sites (N-methyl/N-ethyl adjacent to an activating group) is 2. The first-order valence-corrected chi connectivity index (χ1v) is 20.1. The maximum atomic E-state index is 14.1. The first-order valence-electron chi connectivity index (χ1n) is 18.2. The van der Waals surface area contributed by atoms with E-state index in [1.807, 2.05) is 97.1 Å². The molecule has 0 aliphatic heterocycles. The van der Waals surface area contributed by atoms with Gasteiger partial charge in [-0.3, -0.25) is 9.69 Å². The summed E-state index contributed by atoms with van der Waals surface area (Å²) in [6, 6.07) is 39.1. The van der Waals surface area contributed by atoms with E-state index in [-0.39, 0.29) is 30.4 Å². The quantitative estimate of drug-likeness (QED) is 0.125. The van der Waals surface area contributed by atoms with Crippen molar-refractivity contribution >= 4 is 30.7 Å². The van der Waals surface area contributed by atoms with Crippen molar-refractivity contribution in [3.8, 4) is 11.1 Å². The van der Waals surface area contributed by atoms with E-state index < -0.39 is 25.5 Å². The maximum Gasteiger partial charge on any atom is 0.410 e. The van der Waals surface area contributed by atoms with Gasteiger partial charge in [0.1, 0.15) is 18.4 Å². The van der Waals surface area contributed by atoms with Gasteiger partial charge in [0.25, 0.3) is 8.32 Å². The summed E-state index contributed by atoms with van der Waals surface area (Å²) in [6.45, 7) is 8.36. The lowest BCUT2D eigenvalue weighted by Crippen LogP contribution is -2.65. The molecule has 1 N–H and O–H groups in total. The molecule has 8 heteroatoms. The van der Waals surface area contributed by atoms with Gasteiger partial charge in [-0.25, -0.2) is 4.79 Å². The van der Waals surface area contributed by atoms with Gasteiger partial charge in [0.15, 0.2) is 0 Å². The van der Waals surface area contributed by atoms with Gasteiger partial charge in [-0.15, -0.1) is 0 Å². The Morgan fingerprint density at radius 3 is 1.81 bits per heavy atom. The highest BCUT2D eigenvalue weighted by atomic mass is 28.4. The monoisotopic (exact) mass is 714 g/mol. The highest BCUT2D eigenvalue weighted by Gasteiger charge is 2.50. The molecule has 1 aromatic heterocycles. The van der Waals surface area contributed by atoms with Crippen LogP contribution in [0, 0.1) is 5.92 Å². The second kappa shape index (κ2) is 15.4. The first kappa shape index (κ1) is 36.9. The van der Waals surface area contributed by atoms with E-state index in [0.717, 1.165) is 45.5 Å². The molecular weight excluding hydrogens is 665 g/mol. The molecule has 4 aromatic carbocycles. The molecular formula is C44H50N2O5Si. The van der Waals surface area contributed by atoms with Crippen molar-refractivity contribution < 1.29 is 23.5 Å². The van der Waals surface area contributed by atoms with E-state index >= 15 is 0 Å². The Balaban J connectivity index is 1.15. The summed E-state index contributed by atoms with van der Waals surface area (Å²) in [5, 5.41) is 1.50. The zero-order valence-electron chi connectivity index (χ0n) is 31.0. The molecule has 1 aliphatic rings. The Morgan fingerprint density at radius 2 is 1.29 bits per heavy atom. The van der Waals surface area contributed by atoms with Gasteiger partial charge >= 0.3 is 6.09 Å². The van der Waals surface area contributed by atoms with Crippen LogP contribution in [0.1, 0.15) is 69.4 Å². The van der Waals surface area contributed by atoms with Crippen LogP contribution >= 0.6 is 0 Å². The van der Waals surface area contributed by atoms with Gasteiger partial charge in [0, 0.05) is 20.0 Å². The number of ether oxygens (including phenoxy) is 1. The summed E-state index contributed by atoms with van der Waals surface area (Å²) >= 11 is 0. The molecule has 0 saturated carbocycles. The molecule has 52 heavy (non-hydrogen) atoms. The third-order valence-corrected chi connectivity index (χ3v) is 15.8. The largest absolute Gasteiger partial charge is 0.467 e. The molecule has 1 aliphatic carbocycles. The van der Waals surface area contributed by atoms with Crippen molar-refractivity contribution in [2.75, 3.05) is 20.7 Å². The average Bonchev–Trinajstić information content (AvgIpc) is 3.82. The van der Waals surface area contributed by atoms with E-state index in [9.17, 15) is 14.4 Å². The molecule has 6 rings (SSSR count). The fraction of sp³-hybridized carbons (Fsp3) is 0.318. The number of rotatable bonds is 13. The standard InChI is InChI=1S/C44H50N2O5Si/c1-31(27-28-44(3,4)52(49,33-18-9-7-10-19-33)34-20-11-8-12-21-34)41(40-26-17-29-50-40)46(6)42(47)32(2)45(5)43(48)51-30-39-37-24-15-13-22-35(37)36-23-14-16-25-38(36)39/h7-26,29,31-32,39,41,49H,27-28,30H2,1-6H3/t31-,32-,41+/m1/s1. The molecule has 0 unspecified atom stereocenters. The summed E-state index contributed by atoms with van der Waals surface area (Å²) in [7, 11) is 0.178. The van der Waals surface area contributed by atoms with Gasteiger partial charge in [-0.05, 0) is 75.5 Å². The summed E-state index contributed by atoms with van der Waals surface area (Å²) in [5.41, 5.74) is 4.59. The molecule has 2 amide bonds. The molecule has 3 atom stereocenters. The summed E-state index contributed by atoms with van der Waals surface area (Å²) in [5.74, 6) is 0.353. The average molecular weight is 715 g/mol. The zero-order valence-corrected chi connectivity index (χ0v) is 32.0. The Labute approximate surface area is 309 Å². The zero-order chi connectivity index (χ0) is 37.0. The number of hydrogen-bond acceptors (Lipinski definition) is 5. The third kappa shape index (κ3) is 6.97. The molecule has 1 heterocycles. The molecule has 0 fully saturated rings. The van der Waals surface area contributed by atoms with E-state index in [2.05, 4.69) is 45.0 Å². The predicted octanol–water partition coefficient (Wildman–Crippen LogP) is 8.00. The van der Waals surface area contributed by atoms with E-state index in [1.165, 1.54) is 4.90 Å². The minimum Gasteiger partial charge on any atom is -0.467 e. The van der Waals surface area contributed by atoms with Crippen LogP contribution in [0.15, 0.2) is 132 Å². The van der Waals surface area contributed by atoms with Crippen LogP contribution in [0.5, 0.6) is 0 Å². The SMILES string of the molecule is C[C@H](CCC(C)(C)[Si](O)(c1ccccc1)c1ccccc1)[C@@H](c1ccco1)N(C)C(=O)[C@@H](C)N(C)C(=O)OCC1c2ccccc2-c2ccccc21. The van der Waals surface area contributed by atoms with Crippen molar-refractivity contribution in [3.05, 3.63) is 144 Å². The van der Waals surface area contributed by atoms with Crippen LogP contribution in [0.2, 0.25) is 5.04 Å². The summed E-state index contributed by atoms with van der Waals surface area (Å²) in [6.07, 6.45) is 2.52. The Kier molecular flexibility index (Phi) is 10.9. The smallest absolute Gasteiger partial charge is 0.410 e. The van der Waals surface area contributed by atoms with E-state index in [1.54, 1.807) is 32.2 Å². The van der Waals surface area contributed by atoms with Crippen LogP contribution < -0.4 is 10.4 Å². The van der Waals surface area contributed by atoms with Gasteiger partial charge in [0.2, 0.25) is 5.91 Å². The summed E-state index contributed by atoms with van der Waals surface area (Å²) in [4.78, 5) is 43.4. The lowest BCUT2D eigenvalue weighted by molar-refractivity contribution is -0.138. The second-order valence-corrected chi connectivity index (χ2v) is 18.8. The highest BCUT2D eigenvalue weighted by Crippen LogP contribution is 2.45.